The van der Waals surface area contributed by atoms with Crippen LogP contribution in [0.1, 0.15) is 31.8 Å². The smallest absolute Gasteiger partial charge is 0.255 e. The van der Waals surface area contributed by atoms with Crippen LogP contribution in [0.4, 0.5) is 0 Å². The molecular formula is C31H32N2O6. The fraction of sp³-hybridized carbons (Fsp3) is 0.290. The van der Waals surface area contributed by atoms with Crippen molar-refractivity contribution in [1.82, 2.24) is 9.80 Å². The number of hydrogen-bond donors (Lipinski definition) is 0. The summed E-state index contributed by atoms with van der Waals surface area (Å²) in [7, 11) is 4.53. The number of allylic oxidation sites excluding steroid dienone is 1. The van der Waals surface area contributed by atoms with Crippen LogP contribution in [0.3, 0.4) is 0 Å². The van der Waals surface area contributed by atoms with Crippen LogP contribution in [0.25, 0.3) is 6.08 Å². The van der Waals surface area contributed by atoms with Gasteiger partial charge in [-0.1, -0.05) is 48.5 Å². The fourth-order valence-electron chi connectivity index (χ4n) is 5.14. The van der Waals surface area contributed by atoms with Gasteiger partial charge in [-0.05, 0) is 41.5 Å². The maximum atomic E-state index is 13.5. The molecule has 8 nitrogen and oxygen atoms in total. The molecule has 0 bridgehead atoms. The molecule has 0 aliphatic carbocycles. The summed E-state index contributed by atoms with van der Waals surface area (Å²) >= 11 is 0. The number of hydrogen-bond acceptors (Lipinski definition) is 7. The normalized spacial score (nSPS) is 16.3. The Labute approximate surface area is 228 Å². The highest BCUT2D eigenvalue weighted by molar-refractivity contribution is 6.07. The maximum Gasteiger partial charge on any atom is 0.255 e. The second kappa shape index (κ2) is 11.3. The topological polar surface area (TPSA) is 77.5 Å². The van der Waals surface area contributed by atoms with E-state index in [1.165, 1.54) is 33.0 Å². The third kappa shape index (κ3) is 5.13. The van der Waals surface area contributed by atoms with Gasteiger partial charge < -0.3 is 23.8 Å². The summed E-state index contributed by atoms with van der Waals surface area (Å²) in [6.07, 6.45) is 3.21. The van der Waals surface area contributed by atoms with Crippen molar-refractivity contribution in [2.45, 2.75) is 12.2 Å². The van der Waals surface area contributed by atoms with E-state index in [4.69, 9.17) is 18.9 Å². The second-order valence-electron chi connectivity index (χ2n) is 9.57. The standard InChI is InChI=1S/C31H32N2O6/c1-36-27-17-25(18-28(37-2)29(27)38-3)26(34)14-11-22-9-12-24(13-10-22)30(35)33-16-15-32(31(33)20-39-21-31)19-23-7-5-4-6-8-23/h4-14,17-18H,15-16,19-21H2,1-3H3/b14-11+. The van der Waals surface area contributed by atoms with Crippen molar-refractivity contribution in [3.63, 3.8) is 0 Å². The summed E-state index contributed by atoms with van der Waals surface area (Å²) in [6.45, 7) is 3.25. The first-order chi connectivity index (χ1) is 19.0. The minimum Gasteiger partial charge on any atom is -0.493 e. The van der Waals surface area contributed by atoms with Crippen LogP contribution < -0.4 is 14.2 Å². The van der Waals surface area contributed by atoms with Gasteiger partial charge in [0, 0.05) is 30.8 Å². The number of rotatable bonds is 9. The molecule has 0 N–H and O–H groups in total. The summed E-state index contributed by atoms with van der Waals surface area (Å²) in [5.41, 5.74) is 2.64. The number of carbonyl (C=O) groups is 2. The third-order valence-corrected chi connectivity index (χ3v) is 7.35. The van der Waals surface area contributed by atoms with Crippen LogP contribution in [0.2, 0.25) is 0 Å². The third-order valence-electron chi connectivity index (χ3n) is 7.35. The summed E-state index contributed by atoms with van der Waals surface area (Å²) in [5, 5.41) is 0. The van der Waals surface area contributed by atoms with Gasteiger partial charge in [0.1, 0.15) is 5.66 Å². The predicted octanol–water partition coefficient (Wildman–Crippen LogP) is 4.29. The predicted molar refractivity (Wildman–Crippen MR) is 147 cm³/mol. The van der Waals surface area contributed by atoms with Crippen LogP contribution in [0, 0.1) is 0 Å². The van der Waals surface area contributed by atoms with Gasteiger partial charge in [-0.2, -0.15) is 0 Å². The molecule has 2 saturated heterocycles. The summed E-state index contributed by atoms with van der Waals surface area (Å²) in [5.74, 6) is 1.03. The van der Waals surface area contributed by atoms with Crippen LogP contribution in [-0.2, 0) is 11.3 Å². The van der Waals surface area contributed by atoms with Gasteiger partial charge in [-0.15, -0.1) is 0 Å². The first-order valence-electron chi connectivity index (χ1n) is 12.8. The minimum absolute atomic E-state index is 0.0158. The Balaban J connectivity index is 1.27. The molecule has 0 aromatic heterocycles. The van der Waals surface area contributed by atoms with Crippen molar-refractivity contribution in [3.05, 3.63) is 95.1 Å². The largest absolute Gasteiger partial charge is 0.493 e. The number of nitrogens with zero attached hydrogens (tertiary/aromatic N) is 2. The first-order valence-corrected chi connectivity index (χ1v) is 12.8. The van der Waals surface area contributed by atoms with Gasteiger partial charge in [0.05, 0.1) is 34.5 Å². The van der Waals surface area contributed by atoms with E-state index in [1.54, 1.807) is 30.3 Å². The fourth-order valence-corrected chi connectivity index (χ4v) is 5.14. The monoisotopic (exact) mass is 528 g/mol. The first kappa shape index (κ1) is 26.5. The highest BCUT2D eigenvalue weighted by atomic mass is 16.5. The minimum atomic E-state index is -0.404. The highest BCUT2D eigenvalue weighted by Gasteiger charge is 2.54. The van der Waals surface area contributed by atoms with E-state index < -0.39 is 5.66 Å². The number of ether oxygens (including phenoxy) is 4. The number of carbonyl (C=O) groups excluding carboxylic acids is 2. The lowest BCUT2D eigenvalue weighted by atomic mass is 10.0. The zero-order valence-corrected chi connectivity index (χ0v) is 22.4. The molecule has 3 aromatic carbocycles. The molecule has 8 heteroatoms. The van der Waals surface area contributed by atoms with Gasteiger partial charge in [0.2, 0.25) is 5.75 Å². The van der Waals surface area contributed by atoms with Gasteiger partial charge in [-0.3, -0.25) is 14.5 Å². The van der Waals surface area contributed by atoms with Crippen molar-refractivity contribution in [2.24, 2.45) is 0 Å². The van der Waals surface area contributed by atoms with Crippen molar-refractivity contribution in [2.75, 3.05) is 47.6 Å². The van der Waals surface area contributed by atoms with E-state index in [0.717, 1.165) is 18.7 Å². The molecule has 0 saturated carbocycles. The molecule has 2 heterocycles. The number of amides is 1. The molecule has 39 heavy (non-hydrogen) atoms. The summed E-state index contributed by atoms with van der Waals surface area (Å²) in [4.78, 5) is 30.7. The zero-order valence-electron chi connectivity index (χ0n) is 22.4. The second-order valence-corrected chi connectivity index (χ2v) is 9.57. The Morgan fingerprint density at radius 3 is 2.10 bits per heavy atom. The van der Waals surface area contributed by atoms with E-state index in [2.05, 4.69) is 17.0 Å². The van der Waals surface area contributed by atoms with E-state index in [-0.39, 0.29) is 11.7 Å². The van der Waals surface area contributed by atoms with E-state index in [9.17, 15) is 9.59 Å². The molecule has 1 spiro atoms. The lowest BCUT2D eigenvalue weighted by Gasteiger charge is -2.49. The maximum absolute atomic E-state index is 13.5. The van der Waals surface area contributed by atoms with Crippen LogP contribution in [-0.4, -0.2) is 74.8 Å². The summed E-state index contributed by atoms with van der Waals surface area (Å²) < 4.78 is 21.6. The molecule has 202 valence electrons. The van der Waals surface area contributed by atoms with Crippen molar-refractivity contribution >= 4 is 17.8 Å². The van der Waals surface area contributed by atoms with Crippen molar-refractivity contribution < 1.29 is 28.5 Å². The number of methoxy groups -OCH3 is 3. The van der Waals surface area contributed by atoms with Gasteiger partial charge >= 0.3 is 0 Å². The SMILES string of the molecule is COc1cc(C(=O)/C=C/c2ccc(C(=O)N3CCN(Cc4ccccc4)C34COC4)cc2)cc(OC)c1OC. The molecular weight excluding hydrogens is 496 g/mol. The molecule has 3 aromatic rings. The summed E-state index contributed by atoms with van der Waals surface area (Å²) in [6, 6.07) is 20.8. The molecule has 5 rings (SSSR count). The van der Waals surface area contributed by atoms with Crippen molar-refractivity contribution in [3.8, 4) is 17.2 Å². The lowest BCUT2D eigenvalue weighted by molar-refractivity contribution is -0.176. The van der Waals surface area contributed by atoms with E-state index >= 15 is 0 Å². The Hall–Kier alpha value is -4.14. The molecule has 1 amide bonds. The number of benzene rings is 3. The Morgan fingerprint density at radius 1 is 0.872 bits per heavy atom. The van der Waals surface area contributed by atoms with E-state index in [1.807, 2.05) is 35.2 Å². The van der Waals surface area contributed by atoms with E-state index in [0.29, 0.717) is 48.1 Å². The molecule has 2 aliphatic rings. The van der Waals surface area contributed by atoms with Crippen LogP contribution in [0.15, 0.2) is 72.8 Å². The molecule has 2 fully saturated rings. The zero-order chi connectivity index (χ0) is 27.4. The van der Waals surface area contributed by atoms with Crippen LogP contribution >= 0.6 is 0 Å². The molecule has 2 aliphatic heterocycles. The Kier molecular flexibility index (Phi) is 7.67. The Morgan fingerprint density at radius 2 is 1.54 bits per heavy atom. The highest BCUT2D eigenvalue weighted by Crippen LogP contribution is 2.39. The van der Waals surface area contributed by atoms with Gasteiger partial charge in [0.25, 0.3) is 5.91 Å². The van der Waals surface area contributed by atoms with Gasteiger partial charge in [-0.25, -0.2) is 0 Å². The lowest BCUT2D eigenvalue weighted by Crippen LogP contribution is -2.67. The number of ketones is 1. The molecule has 0 atom stereocenters. The van der Waals surface area contributed by atoms with Gasteiger partial charge in [0.15, 0.2) is 17.3 Å². The average Bonchev–Trinajstić information content (AvgIpc) is 3.35. The van der Waals surface area contributed by atoms with Crippen molar-refractivity contribution in [1.29, 1.82) is 0 Å². The average molecular weight is 529 g/mol. The van der Waals surface area contributed by atoms with Crippen LogP contribution in [0.5, 0.6) is 17.2 Å². The molecule has 0 unspecified atom stereocenters. The Bertz CT molecular complexity index is 1340. The molecule has 0 radical (unpaired) electrons. The quantitative estimate of drug-likeness (QED) is 0.303.